The van der Waals surface area contributed by atoms with Crippen molar-refractivity contribution in [1.29, 1.82) is 0 Å². The Morgan fingerprint density at radius 2 is 1.91 bits per heavy atom. The quantitative estimate of drug-likeness (QED) is 0.558. The van der Waals surface area contributed by atoms with Crippen LogP contribution < -0.4 is 10.6 Å². The first-order chi connectivity index (χ1) is 11.1. The number of aromatic nitrogens is 4. The average molecular weight is 349 g/mol. The minimum atomic E-state index is -0.263. The van der Waals surface area contributed by atoms with E-state index < -0.39 is 0 Å². The van der Waals surface area contributed by atoms with E-state index in [4.69, 9.17) is 23.2 Å². The van der Waals surface area contributed by atoms with Gasteiger partial charge in [0.15, 0.2) is 5.82 Å². The van der Waals surface area contributed by atoms with Crippen molar-refractivity contribution in [2.75, 3.05) is 12.4 Å². The zero-order chi connectivity index (χ0) is 16.4. The summed E-state index contributed by atoms with van der Waals surface area (Å²) in [5, 5.41) is 5.95. The first-order valence-corrected chi connectivity index (χ1v) is 7.27. The van der Waals surface area contributed by atoms with Gasteiger partial charge in [0, 0.05) is 7.05 Å². The SMILES string of the molecule is CNC(=O)c1ccc(Nc2nc(Cl)nc3ccc(Cl)nc23)cn1. The molecule has 3 heterocycles. The van der Waals surface area contributed by atoms with Gasteiger partial charge in [0.1, 0.15) is 16.4 Å². The molecular formula is C14H10Cl2N6O. The second-order valence-electron chi connectivity index (χ2n) is 4.48. The second-order valence-corrected chi connectivity index (χ2v) is 5.20. The summed E-state index contributed by atoms with van der Waals surface area (Å²) >= 11 is 11.8. The molecule has 3 rings (SSSR count). The molecule has 0 spiro atoms. The fourth-order valence-corrected chi connectivity index (χ4v) is 2.24. The molecule has 23 heavy (non-hydrogen) atoms. The third kappa shape index (κ3) is 3.30. The van der Waals surface area contributed by atoms with Gasteiger partial charge in [-0.2, -0.15) is 4.98 Å². The number of rotatable bonds is 3. The summed E-state index contributed by atoms with van der Waals surface area (Å²) < 4.78 is 0. The smallest absolute Gasteiger partial charge is 0.269 e. The first-order valence-electron chi connectivity index (χ1n) is 6.52. The van der Waals surface area contributed by atoms with E-state index in [0.717, 1.165) is 0 Å². The van der Waals surface area contributed by atoms with E-state index in [9.17, 15) is 4.79 Å². The molecule has 3 aromatic heterocycles. The van der Waals surface area contributed by atoms with Crippen LogP contribution in [0.1, 0.15) is 10.5 Å². The maximum atomic E-state index is 11.5. The van der Waals surface area contributed by atoms with Crippen molar-refractivity contribution >= 4 is 51.6 Å². The van der Waals surface area contributed by atoms with Gasteiger partial charge in [-0.1, -0.05) is 11.6 Å². The van der Waals surface area contributed by atoms with Crippen LogP contribution in [0, 0.1) is 0 Å². The van der Waals surface area contributed by atoms with Crippen molar-refractivity contribution in [3.05, 3.63) is 46.6 Å². The summed E-state index contributed by atoms with van der Waals surface area (Å²) in [6.07, 6.45) is 1.51. The lowest BCUT2D eigenvalue weighted by molar-refractivity contribution is 0.0958. The van der Waals surface area contributed by atoms with Crippen molar-refractivity contribution in [2.45, 2.75) is 0 Å². The van der Waals surface area contributed by atoms with E-state index in [1.807, 2.05) is 0 Å². The van der Waals surface area contributed by atoms with Gasteiger partial charge in [0.05, 0.1) is 17.4 Å². The first kappa shape index (κ1) is 15.4. The molecule has 2 N–H and O–H groups in total. The number of carbonyl (C=O) groups excluding carboxylic acids is 1. The average Bonchev–Trinajstić information content (AvgIpc) is 2.55. The van der Waals surface area contributed by atoms with Gasteiger partial charge in [-0.15, -0.1) is 0 Å². The van der Waals surface area contributed by atoms with Crippen LogP contribution in [0.2, 0.25) is 10.4 Å². The molecule has 116 valence electrons. The van der Waals surface area contributed by atoms with Crippen LogP contribution in [-0.2, 0) is 0 Å². The minimum Gasteiger partial charge on any atom is -0.354 e. The largest absolute Gasteiger partial charge is 0.354 e. The predicted octanol–water partition coefficient (Wildman–Crippen LogP) is 2.83. The molecule has 0 aliphatic carbocycles. The number of nitrogens with one attached hydrogen (secondary N) is 2. The van der Waals surface area contributed by atoms with Gasteiger partial charge in [-0.05, 0) is 35.9 Å². The van der Waals surface area contributed by atoms with Crippen LogP contribution in [0.25, 0.3) is 11.0 Å². The monoisotopic (exact) mass is 348 g/mol. The zero-order valence-electron chi connectivity index (χ0n) is 11.8. The molecule has 1 amide bonds. The summed E-state index contributed by atoms with van der Waals surface area (Å²) in [7, 11) is 1.54. The van der Waals surface area contributed by atoms with E-state index in [-0.39, 0.29) is 11.2 Å². The third-order valence-electron chi connectivity index (χ3n) is 2.97. The molecule has 0 aliphatic rings. The van der Waals surface area contributed by atoms with Crippen LogP contribution in [0.15, 0.2) is 30.5 Å². The van der Waals surface area contributed by atoms with E-state index in [1.165, 1.54) is 6.20 Å². The number of halogens is 2. The highest BCUT2D eigenvalue weighted by atomic mass is 35.5. The summed E-state index contributed by atoms with van der Waals surface area (Å²) in [6, 6.07) is 6.61. The summed E-state index contributed by atoms with van der Waals surface area (Å²) in [5.41, 5.74) is 1.98. The van der Waals surface area contributed by atoms with Gasteiger partial charge < -0.3 is 10.6 Å². The molecule has 0 unspecified atom stereocenters. The van der Waals surface area contributed by atoms with Crippen LogP contribution in [-0.4, -0.2) is 32.9 Å². The van der Waals surface area contributed by atoms with Gasteiger partial charge in [0.2, 0.25) is 5.28 Å². The van der Waals surface area contributed by atoms with Crippen LogP contribution in [0.5, 0.6) is 0 Å². The Hall–Kier alpha value is -2.51. The van der Waals surface area contributed by atoms with Crippen molar-refractivity contribution < 1.29 is 4.79 Å². The van der Waals surface area contributed by atoms with Gasteiger partial charge in [0.25, 0.3) is 5.91 Å². The van der Waals surface area contributed by atoms with Gasteiger partial charge in [-0.3, -0.25) is 4.79 Å². The zero-order valence-corrected chi connectivity index (χ0v) is 13.4. The lowest BCUT2D eigenvalue weighted by Crippen LogP contribution is -2.18. The Bertz CT molecular complexity index is 884. The van der Waals surface area contributed by atoms with Crippen LogP contribution >= 0.6 is 23.2 Å². The maximum Gasteiger partial charge on any atom is 0.269 e. The van der Waals surface area contributed by atoms with Crippen molar-refractivity contribution in [3.63, 3.8) is 0 Å². The fourth-order valence-electron chi connectivity index (χ4n) is 1.92. The summed E-state index contributed by atoms with van der Waals surface area (Å²) in [4.78, 5) is 28.0. The van der Waals surface area contributed by atoms with E-state index in [1.54, 1.807) is 31.3 Å². The number of anilines is 2. The molecule has 0 radical (unpaired) electrons. The Kier molecular flexibility index (Phi) is 4.22. The second kappa shape index (κ2) is 6.31. The predicted molar refractivity (Wildman–Crippen MR) is 88.3 cm³/mol. The van der Waals surface area contributed by atoms with E-state index >= 15 is 0 Å². The molecule has 0 aliphatic heterocycles. The Morgan fingerprint density at radius 1 is 1.09 bits per heavy atom. The molecule has 0 saturated carbocycles. The molecule has 0 aromatic carbocycles. The Morgan fingerprint density at radius 3 is 2.61 bits per heavy atom. The minimum absolute atomic E-state index is 0.0825. The molecule has 0 atom stereocenters. The molecular weight excluding hydrogens is 339 g/mol. The van der Waals surface area contributed by atoms with Crippen molar-refractivity contribution in [3.8, 4) is 0 Å². The van der Waals surface area contributed by atoms with Gasteiger partial charge >= 0.3 is 0 Å². The number of nitrogens with zero attached hydrogens (tertiary/aromatic N) is 4. The fraction of sp³-hybridized carbons (Fsp3) is 0.0714. The maximum absolute atomic E-state index is 11.5. The lowest BCUT2D eigenvalue weighted by Gasteiger charge is -2.09. The highest BCUT2D eigenvalue weighted by Crippen LogP contribution is 2.24. The highest BCUT2D eigenvalue weighted by Gasteiger charge is 2.10. The van der Waals surface area contributed by atoms with Crippen LogP contribution in [0.4, 0.5) is 11.5 Å². The molecule has 0 fully saturated rings. The van der Waals surface area contributed by atoms with Crippen molar-refractivity contribution in [1.82, 2.24) is 25.3 Å². The number of carbonyl (C=O) groups is 1. The number of amides is 1. The van der Waals surface area contributed by atoms with E-state index in [0.29, 0.717) is 33.4 Å². The summed E-state index contributed by atoms with van der Waals surface area (Å²) in [6.45, 7) is 0. The summed E-state index contributed by atoms with van der Waals surface area (Å²) in [5.74, 6) is 0.137. The Balaban J connectivity index is 1.97. The molecule has 0 bridgehead atoms. The normalized spacial score (nSPS) is 10.6. The number of fused-ring (bicyclic) bond motifs is 1. The number of pyridine rings is 2. The number of hydrogen-bond acceptors (Lipinski definition) is 6. The Labute approximate surface area is 141 Å². The molecule has 3 aromatic rings. The lowest BCUT2D eigenvalue weighted by atomic mass is 10.3. The molecule has 7 nitrogen and oxygen atoms in total. The standard InChI is InChI=1S/C14H10Cl2N6O/c1-17-13(23)9-3-2-7(6-18-9)19-12-11-8(20-14(16)22-12)4-5-10(15)21-11/h2-6H,1H3,(H,17,23)(H,19,20,22). The van der Waals surface area contributed by atoms with Crippen LogP contribution in [0.3, 0.4) is 0 Å². The molecule has 9 heteroatoms. The molecule has 0 saturated heterocycles. The third-order valence-corrected chi connectivity index (χ3v) is 3.35. The topological polar surface area (TPSA) is 92.7 Å². The van der Waals surface area contributed by atoms with E-state index in [2.05, 4.69) is 30.6 Å². The highest BCUT2D eigenvalue weighted by molar-refractivity contribution is 6.30. The van der Waals surface area contributed by atoms with Gasteiger partial charge in [-0.25, -0.2) is 15.0 Å². The van der Waals surface area contributed by atoms with Crippen molar-refractivity contribution in [2.24, 2.45) is 0 Å². The number of hydrogen-bond donors (Lipinski definition) is 2.